The van der Waals surface area contributed by atoms with Crippen LogP contribution in [0.4, 0.5) is 0 Å². The van der Waals surface area contributed by atoms with Crippen LogP contribution in [-0.2, 0) is 16.1 Å². The fraction of sp³-hybridized carbons (Fsp3) is 0.556. The first kappa shape index (κ1) is 14.5. The van der Waals surface area contributed by atoms with Gasteiger partial charge in [0, 0.05) is 18.4 Å². The molecule has 1 saturated heterocycles. The number of nitrogens with one attached hydrogen (secondary N) is 2. The molecule has 0 aromatic heterocycles. The van der Waals surface area contributed by atoms with Crippen LogP contribution < -0.4 is 15.4 Å². The van der Waals surface area contributed by atoms with Crippen molar-refractivity contribution < 1.29 is 14.3 Å². The van der Waals surface area contributed by atoms with Gasteiger partial charge in [0.05, 0.1) is 6.61 Å². The van der Waals surface area contributed by atoms with Crippen LogP contribution in [0.2, 0.25) is 0 Å². The average molecular weight is 314 g/mol. The van der Waals surface area contributed by atoms with Crippen LogP contribution in [0.3, 0.4) is 0 Å². The minimum absolute atomic E-state index is 0.0256. The number of carbonyl (C=O) groups excluding carboxylic acids is 2. The minimum atomic E-state index is -0.651. The lowest BCUT2D eigenvalue weighted by molar-refractivity contribution is -0.130. The molecule has 2 N–H and O–H groups in total. The van der Waals surface area contributed by atoms with Crippen molar-refractivity contribution in [2.45, 2.75) is 38.3 Å². The smallest absolute Gasteiger partial charge is 0.246 e. The van der Waals surface area contributed by atoms with Crippen LogP contribution in [0.25, 0.3) is 0 Å². The Labute approximate surface area is 135 Å². The van der Waals surface area contributed by atoms with Gasteiger partial charge in [-0.25, -0.2) is 0 Å². The van der Waals surface area contributed by atoms with Crippen molar-refractivity contribution in [3.8, 4) is 5.75 Å². The van der Waals surface area contributed by atoms with Gasteiger partial charge in [0.25, 0.3) is 0 Å². The van der Waals surface area contributed by atoms with E-state index in [-0.39, 0.29) is 23.7 Å². The number of hydrogen-bond acceptors (Lipinski definition) is 3. The molecule has 1 heterocycles. The summed E-state index contributed by atoms with van der Waals surface area (Å²) in [4.78, 5) is 24.9. The third-order valence-corrected chi connectivity index (χ3v) is 5.65. The van der Waals surface area contributed by atoms with Gasteiger partial charge < -0.3 is 15.4 Å². The van der Waals surface area contributed by atoms with Crippen molar-refractivity contribution >= 4 is 11.8 Å². The van der Waals surface area contributed by atoms with Crippen molar-refractivity contribution in [2.75, 3.05) is 6.61 Å². The van der Waals surface area contributed by atoms with E-state index in [1.54, 1.807) is 0 Å². The second-order valence-corrected chi connectivity index (χ2v) is 6.98. The highest BCUT2D eigenvalue weighted by Crippen LogP contribution is 2.57. The SMILES string of the molecule is CCOc1cccc(CNC(=O)C23CC4CC(C(=O)N2)C3C4)c1. The Hall–Kier alpha value is -2.04. The summed E-state index contributed by atoms with van der Waals surface area (Å²) in [7, 11) is 0. The zero-order valence-corrected chi connectivity index (χ0v) is 13.3. The van der Waals surface area contributed by atoms with E-state index in [9.17, 15) is 9.59 Å². The molecule has 1 aromatic carbocycles. The minimum Gasteiger partial charge on any atom is -0.494 e. The van der Waals surface area contributed by atoms with Crippen LogP contribution >= 0.6 is 0 Å². The molecule has 3 aliphatic rings. The monoisotopic (exact) mass is 314 g/mol. The molecule has 3 fully saturated rings. The van der Waals surface area contributed by atoms with E-state index in [1.165, 1.54) is 0 Å². The second kappa shape index (κ2) is 5.25. The van der Waals surface area contributed by atoms with Gasteiger partial charge in [-0.1, -0.05) is 12.1 Å². The van der Waals surface area contributed by atoms with Crippen molar-refractivity contribution in [1.29, 1.82) is 0 Å². The lowest BCUT2D eigenvalue weighted by Gasteiger charge is -2.30. The summed E-state index contributed by atoms with van der Waals surface area (Å²) in [5, 5.41) is 6.04. The Kier molecular flexibility index (Phi) is 3.32. The number of hydrogen-bond donors (Lipinski definition) is 2. The molecule has 1 aliphatic heterocycles. The highest BCUT2D eigenvalue weighted by atomic mass is 16.5. The first-order chi connectivity index (χ1) is 11.1. The molecule has 4 atom stereocenters. The molecule has 0 radical (unpaired) electrons. The van der Waals surface area contributed by atoms with Gasteiger partial charge in [-0.15, -0.1) is 0 Å². The van der Waals surface area contributed by atoms with E-state index in [1.807, 2.05) is 31.2 Å². The summed E-state index contributed by atoms with van der Waals surface area (Å²) in [6.45, 7) is 3.02. The number of amides is 2. The standard InChI is InChI=1S/C18H22N2O3/c1-2-23-13-5-3-4-11(6-13)10-19-17(22)18-9-12-7-14(15(18)8-12)16(21)20-18/h3-6,12,14-15H,2,7-10H2,1H3,(H,19,22)(H,20,21). The van der Waals surface area contributed by atoms with Crippen LogP contribution in [-0.4, -0.2) is 24.0 Å². The van der Waals surface area contributed by atoms with E-state index in [4.69, 9.17) is 4.74 Å². The second-order valence-electron chi connectivity index (χ2n) is 6.98. The Morgan fingerprint density at radius 2 is 2.30 bits per heavy atom. The molecule has 0 spiro atoms. The summed E-state index contributed by atoms with van der Waals surface area (Å²) in [6, 6.07) is 7.75. The molecule has 4 unspecified atom stereocenters. The lowest BCUT2D eigenvalue weighted by Crippen LogP contribution is -2.56. The maximum absolute atomic E-state index is 12.8. The van der Waals surface area contributed by atoms with E-state index in [0.717, 1.165) is 30.6 Å². The van der Waals surface area contributed by atoms with Crippen molar-refractivity contribution in [3.63, 3.8) is 0 Å². The number of benzene rings is 1. The first-order valence-electron chi connectivity index (χ1n) is 8.44. The van der Waals surface area contributed by atoms with Crippen molar-refractivity contribution in [3.05, 3.63) is 29.8 Å². The quantitative estimate of drug-likeness (QED) is 0.868. The van der Waals surface area contributed by atoms with Gasteiger partial charge in [0.2, 0.25) is 11.8 Å². The largest absolute Gasteiger partial charge is 0.494 e. The summed E-state index contributed by atoms with van der Waals surface area (Å²) >= 11 is 0. The molecule has 5 nitrogen and oxygen atoms in total. The Balaban J connectivity index is 1.45. The molecule has 2 amide bonds. The molecule has 2 aliphatic carbocycles. The van der Waals surface area contributed by atoms with Gasteiger partial charge >= 0.3 is 0 Å². The average Bonchev–Trinajstić information content (AvgIpc) is 3.15. The van der Waals surface area contributed by atoms with E-state index < -0.39 is 5.54 Å². The molecule has 2 bridgehead atoms. The van der Waals surface area contributed by atoms with E-state index in [2.05, 4.69) is 10.6 Å². The Morgan fingerprint density at radius 1 is 1.43 bits per heavy atom. The van der Waals surface area contributed by atoms with E-state index in [0.29, 0.717) is 19.1 Å². The molecule has 23 heavy (non-hydrogen) atoms. The summed E-state index contributed by atoms with van der Waals surface area (Å²) in [5.74, 6) is 1.63. The van der Waals surface area contributed by atoms with Gasteiger partial charge in [-0.3, -0.25) is 9.59 Å². The molecular formula is C18H22N2O3. The maximum Gasteiger partial charge on any atom is 0.246 e. The van der Waals surface area contributed by atoms with Gasteiger partial charge in [-0.05, 0) is 49.8 Å². The third-order valence-electron chi connectivity index (χ3n) is 5.65. The van der Waals surface area contributed by atoms with Crippen LogP contribution in [0.15, 0.2) is 24.3 Å². The number of rotatable bonds is 5. The zero-order valence-electron chi connectivity index (χ0n) is 13.3. The van der Waals surface area contributed by atoms with Crippen LogP contribution in [0, 0.1) is 17.8 Å². The third kappa shape index (κ3) is 2.21. The molecule has 122 valence electrons. The fourth-order valence-electron chi connectivity index (χ4n) is 4.78. The van der Waals surface area contributed by atoms with Gasteiger partial charge in [0.15, 0.2) is 0 Å². The predicted octanol–water partition coefficient (Wildman–Crippen LogP) is 1.62. The number of carbonyl (C=O) groups is 2. The van der Waals surface area contributed by atoms with Crippen LogP contribution in [0.1, 0.15) is 31.7 Å². The highest BCUT2D eigenvalue weighted by molar-refractivity contribution is 5.97. The number of fused-ring (bicyclic) bond motifs is 1. The van der Waals surface area contributed by atoms with Crippen molar-refractivity contribution in [1.82, 2.24) is 10.6 Å². The Bertz CT molecular complexity index is 659. The topological polar surface area (TPSA) is 67.4 Å². The Morgan fingerprint density at radius 3 is 3.09 bits per heavy atom. The van der Waals surface area contributed by atoms with E-state index >= 15 is 0 Å². The summed E-state index contributed by atoms with van der Waals surface area (Å²) in [5.41, 5.74) is 0.354. The zero-order chi connectivity index (χ0) is 16.0. The summed E-state index contributed by atoms with van der Waals surface area (Å²) < 4.78 is 5.49. The lowest BCUT2D eigenvalue weighted by atomic mass is 9.78. The predicted molar refractivity (Wildman–Crippen MR) is 84.7 cm³/mol. The molecule has 5 heteroatoms. The number of ether oxygens (including phenoxy) is 1. The normalized spacial score (nSPS) is 33.6. The van der Waals surface area contributed by atoms with Gasteiger partial charge in [-0.2, -0.15) is 0 Å². The highest BCUT2D eigenvalue weighted by Gasteiger charge is 2.66. The molecule has 4 rings (SSSR count). The van der Waals surface area contributed by atoms with Crippen LogP contribution in [0.5, 0.6) is 5.75 Å². The fourth-order valence-corrected chi connectivity index (χ4v) is 4.78. The van der Waals surface area contributed by atoms with Gasteiger partial charge in [0.1, 0.15) is 11.3 Å². The molecule has 2 saturated carbocycles. The maximum atomic E-state index is 12.8. The molecular weight excluding hydrogens is 292 g/mol. The molecule has 1 aromatic rings. The first-order valence-corrected chi connectivity index (χ1v) is 8.44. The van der Waals surface area contributed by atoms with Crippen molar-refractivity contribution in [2.24, 2.45) is 17.8 Å². The summed E-state index contributed by atoms with van der Waals surface area (Å²) in [6.07, 6.45) is 2.77.